The van der Waals surface area contributed by atoms with E-state index in [-0.39, 0.29) is 11.3 Å². The lowest BCUT2D eigenvalue weighted by molar-refractivity contribution is 0.0696. The number of carboxylic acid groups (broad SMARTS) is 1. The lowest BCUT2D eigenvalue weighted by Crippen LogP contribution is -2.11. The Labute approximate surface area is 154 Å². The third kappa shape index (κ3) is 3.62. The van der Waals surface area contributed by atoms with Gasteiger partial charge in [0.05, 0.1) is 28.5 Å². The largest absolute Gasteiger partial charge is 0.478 e. The molecule has 0 saturated carbocycles. The number of rotatable bonds is 5. The second-order valence-corrected chi connectivity index (χ2v) is 6.12. The topological polar surface area (TPSA) is 97.4 Å². The number of benzene rings is 1. The van der Waals surface area contributed by atoms with E-state index in [1.54, 1.807) is 16.8 Å². The number of halogens is 1. The highest BCUT2D eigenvalue weighted by atomic mass is 35.5. The van der Waals surface area contributed by atoms with E-state index >= 15 is 0 Å². The van der Waals surface area contributed by atoms with Crippen molar-refractivity contribution in [2.24, 2.45) is 0 Å². The number of aryl methyl sites for hydroxylation is 1. The van der Waals surface area contributed by atoms with Gasteiger partial charge in [0.15, 0.2) is 5.76 Å². The van der Waals surface area contributed by atoms with Crippen LogP contribution in [0.4, 0.5) is 5.69 Å². The van der Waals surface area contributed by atoms with Gasteiger partial charge in [-0.05, 0) is 50.2 Å². The molecule has 1 amide bonds. The summed E-state index contributed by atoms with van der Waals surface area (Å²) in [6.07, 6.45) is 0. The van der Waals surface area contributed by atoms with Crippen LogP contribution in [0.15, 0.2) is 40.8 Å². The minimum absolute atomic E-state index is 0.145. The Morgan fingerprint density at radius 1 is 1.19 bits per heavy atom. The van der Waals surface area contributed by atoms with Crippen molar-refractivity contribution in [1.29, 1.82) is 0 Å². The molecule has 0 aliphatic heterocycles. The molecule has 1 aromatic carbocycles. The maximum Gasteiger partial charge on any atom is 0.335 e. The lowest BCUT2D eigenvalue weighted by Gasteiger charge is -2.04. The molecule has 7 nitrogen and oxygen atoms in total. The first kappa shape index (κ1) is 17.8. The molecule has 2 N–H and O–H groups in total. The van der Waals surface area contributed by atoms with Crippen LogP contribution in [-0.4, -0.2) is 26.8 Å². The normalized spacial score (nSPS) is 10.7. The van der Waals surface area contributed by atoms with Crippen molar-refractivity contribution in [3.05, 3.63) is 69.9 Å². The van der Waals surface area contributed by atoms with Gasteiger partial charge in [-0.25, -0.2) is 4.79 Å². The second kappa shape index (κ2) is 7.05. The van der Waals surface area contributed by atoms with Crippen LogP contribution in [0, 0.1) is 13.8 Å². The Morgan fingerprint density at radius 3 is 2.46 bits per heavy atom. The Kier molecular flexibility index (Phi) is 4.81. The zero-order valence-corrected chi connectivity index (χ0v) is 14.9. The van der Waals surface area contributed by atoms with Crippen molar-refractivity contribution >= 4 is 29.2 Å². The number of carbonyl (C=O) groups excluding carboxylic acids is 1. The van der Waals surface area contributed by atoms with Gasteiger partial charge < -0.3 is 14.8 Å². The summed E-state index contributed by atoms with van der Waals surface area (Å²) in [5.41, 5.74) is 2.18. The van der Waals surface area contributed by atoms with Crippen LogP contribution in [0.2, 0.25) is 5.02 Å². The molecule has 0 unspecified atom stereocenters. The summed E-state index contributed by atoms with van der Waals surface area (Å²) in [5.74, 6) is -0.734. The monoisotopic (exact) mass is 373 g/mol. The van der Waals surface area contributed by atoms with Crippen molar-refractivity contribution in [3.8, 4) is 0 Å². The first-order valence-electron chi connectivity index (χ1n) is 7.78. The summed E-state index contributed by atoms with van der Waals surface area (Å²) in [6, 6.07) is 9.14. The van der Waals surface area contributed by atoms with Gasteiger partial charge in [0.2, 0.25) is 0 Å². The summed E-state index contributed by atoms with van der Waals surface area (Å²) < 4.78 is 7.29. The predicted molar refractivity (Wildman–Crippen MR) is 95.9 cm³/mol. The standard InChI is InChI=1S/C18H16ClN3O4/c1-10-16(19)11(2)22(21-10)9-14-7-8-15(26-14)17(23)20-13-5-3-12(4-6-13)18(24)25/h3-8H,9H2,1-2H3,(H,20,23)(H,24,25). The van der Waals surface area contributed by atoms with Gasteiger partial charge in [0, 0.05) is 5.69 Å². The number of amides is 1. The summed E-state index contributed by atoms with van der Waals surface area (Å²) in [4.78, 5) is 23.1. The summed E-state index contributed by atoms with van der Waals surface area (Å²) >= 11 is 6.13. The number of nitrogens with zero attached hydrogens (tertiary/aromatic N) is 2. The fraction of sp³-hybridized carbons (Fsp3) is 0.167. The number of carbonyl (C=O) groups is 2. The molecule has 8 heteroatoms. The Morgan fingerprint density at radius 2 is 1.88 bits per heavy atom. The SMILES string of the molecule is Cc1nn(Cc2ccc(C(=O)Nc3ccc(C(=O)O)cc3)o2)c(C)c1Cl. The van der Waals surface area contributed by atoms with Crippen LogP contribution >= 0.6 is 11.6 Å². The average Bonchev–Trinajstić information content (AvgIpc) is 3.17. The van der Waals surface area contributed by atoms with Gasteiger partial charge >= 0.3 is 5.97 Å². The molecule has 0 aliphatic rings. The molecule has 0 saturated heterocycles. The van der Waals surface area contributed by atoms with E-state index < -0.39 is 11.9 Å². The van der Waals surface area contributed by atoms with E-state index in [9.17, 15) is 9.59 Å². The van der Waals surface area contributed by atoms with Crippen molar-refractivity contribution in [2.45, 2.75) is 20.4 Å². The molecule has 2 aromatic heterocycles. The van der Waals surface area contributed by atoms with E-state index in [4.69, 9.17) is 21.1 Å². The molecule has 0 radical (unpaired) electrons. The van der Waals surface area contributed by atoms with Crippen LogP contribution in [-0.2, 0) is 6.54 Å². The molecule has 3 rings (SSSR count). The Hall–Kier alpha value is -3.06. The fourth-order valence-corrected chi connectivity index (χ4v) is 2.59. The molecule has 3 aromatic rings. The Bertz CT molecular complexity index is 973. The maximum atomic E-state index is 12.3. The van der Waals surface area contributed by atoms with Crippen LogP contribution in [0.25, 0.3) is 0 Å². The molecular weight excluding hydrogens is 358 g/mol. The number of nitrogens with one attached hydrogen (secondary N) is 1. The minimum atomic E-state index is -1.03. The second-order valence-electron chi connectivity index (χ2n) is 5.75. The highest BCUT2D eigenvalue weighted by molar-refractivity contribution is 6.31. The van der Waals surface area contributed by atoms with Gasteiger partial charge in [-0.2, -0.15) is 5.10 Å². The lowest BCUT2D eigenvalue weighted by atomic mass is 10.2. The van der Waals surface area contributed by atoms with Gasteiger partial charge in [-0.1, -0.05) is 11.6 Å². The summed E-state index contributed by atoms with van der Waals surface area (Å²) in [7, 11) is 0. The Balaban J connectivity index is 1.69. The van der Waals surface area contributed by atoms with Gasteiger partial charge in [-0.3, -0.25) is 9.48 Å². The van der Waals surface area contributed by atoms with Crippen LogP contribution in [0.5, 0.6) is 0 Å². The van der Waals surface area contributed by atoms with E-state index in [0.29, 0.717) is 23.0 Å². The minimum Gasteiger partial charge on any atom is -0.478 e. The fourth-order valence-electron chi connectivity index (χ4n) is 2.45. The van der Waals surface area contributed by atoms with Crippen molar-refractivity contribution in [1.82, 2.24) is 9.78 Å². The first-order valence-corrected chi connectivity index (χ1v) is 8.16. The smallest absolute Gasteiger partial charge is 0.335 e. The summed E-state index contributed by atoms with van der Waals surface area (Å²) in [6.45, 7) is 4.04. The number of aromatic carboxylic acids is 1. The molecular formula is C18H16ClN3O4. The molecule has 0 atom stereocenters. The first-order chi connectivity index (χ1) is 12.3. The zero-order valence-electron chi connectivity index (χ0n) is 14.1. The number of anilines is 1. The van der Waals surface area contributed by atoms with E-state index in [1.807, 2.05) is 13.8 Å². The van der Waals surface area contributed by atoms with Crippen molar-refractivity contribution in [2.75, 3.05) is 5.32 Å². The maximum absolute atomic E-state index is 12.3. The van der Waals surface area contributed by atoms with E-state index in [2.05, 4.69) is 10.4 Å². The zero-order chi connectivity index (χ0) is 18.8. The average molecular weight is 374 g/mol. The van der Waals surface area contributed by atoms with Gasteiger partial charge in [-0.15, -0.1) is 0 Å². The third-order valence-electron chi connectivity index (χ3n) is 3.87. The highest BCUT2D eigenvalue weighted by Gasteiger charge is 2.15. The van der Waals surface area contributed by atoms with Crippen molar-refractivity contribution < 1.29 is 19.1 Å². The van der Waals surface area contributed by atoms with Crippen LogP contribution in [0.3, 0.4) is 0 Å². The number of carboxylic acids is 1. The number of hydrogen-bond donors (Lipinski definition) is 2. The molecule has 0 fully saturated rings. The van der Waals surface area contributed by atoms with Crippen molar-refractivity contribution in [3.63, 3.8) is 0 Å². The van der Waals surface area contributed by atoms with Crippen LogP contribution < -0.4 is 5.32 Å². The molecule has 0 spiro atoms. The van der Waals surface area contributed by atoms with E-state index in [1.165, 1.54) is 24.3 Å². The molecule has 2 heterocycles. The molecule has 0 bridgehead atoms. The molecule has 134 valence electrons. The van der Waals surface area contributed by atoms with Crippen LogP contribution in [0.1, 0.15) is 38.1 Å². The number of aromatic nitrogens is 2. The third-order valence-corrected chi connectivity index (χ3v) is 4.42. The molecule has 0 aliphatic carbocycles. The van der Waals surface area contributed by atoms with Gasteiger partial charge in [0.25, 0.3) is 5.91 Å². The van der Waals surface area contributed by atoms with E-state index in [0.717, 1.165) is 11.4 Å². The summed E-state index contributed by atoms with van der Waals surface area (Å²) in [5, 5.41) is 16.5. The molecule has 26 heavy (non-hydrogen) atoms. The van der Waals surface area contributed by atoms with Gasteiger partial charge in [0.1, 0.15) is 5.76 Å². The number of hydrogen-bond acceptors (Lipinski definition) is 4. The predicted octanol–water partition coefficient (Wildman–Crippen LogP) is 3.75. The highest BCUT2D eigenvalue weighted by Crippen LogP contribution is 2.21. The number of furan rings is 1. The quantitative estimate of drug-likeness (QED) is 0.709.